The molecule has 1 saturated carbocycles. The van der Waals surface area contributed by atoms with Crippen molar-refractivity contribution in [2.24, 2.45) is 11.8 Å². The van der Waals surface area contributed by atoms with Crippen LogP contribution in [0, 0.1) is 11.8 Å². The molecule has 3 heteroatoms. The Morgan fingerprint density at radius 1 is 1.62 bits per heavy atom. The Labute approximate surface area is 98.2 Å². The van der Waals surface area contributed by atoms with Gasteiger partial charge in [-0.3, -0.25) is 10.1 Å². The van der Waals surface area contributed by atoms with Crippen molar-refractivity contribution in [2.45, 2.75) is 38.6 Å². The highest BCUT2D eigenvalue weighted by molar-refractivity contribution is 5.81. The largest absolute Gasteiger partial charge is 0.468 e. The van der Waals surface area contributed by atoms with Crippen LogP contribution in [0.4, 0.5) is 0 Å². The summed E-state index contributed by atoms with van der Waals surface area (Å²) in [6, 6.07) is 0. The number of rotatable bonds is 4. The fourth-order valence-corrected chi connectivity index (χ4v) is 2.71. The van der Waals surface area contributed by atoms with Crippen molar-refractivity contribution in [1.29, 1.82) is 0 Å². The van der Waals surface area contributed by atoms with E-state index in [9.17, 15) is 4.79 Å². The van der Waals surface area contributed by atoms with E-state index in [1.54, 1.807) is 6.08 Å². The van der Waals surface area contributed by atoms with E-state index in [4.69, 9.17) is 4.74 Å². The molecule has 0 saturated heterocycles. The van der Waals surface area contributed by atoms with Crippen LogP contribution >= 0.6 is 0 Å². The molecule has 1 N–H and O–H groups in total. The van der Waals surface area contributed by atoms with Crippen molar-refractivity contribution in [3.8, 4) is 0 Å². The van der Waals surface area contributed by atoms with Crippen molar-refractivity contribution in [3.05, 3.63) is 12.7 Å². The van der Waals surface area contributed by atoms with E-state index in [2.05, 4.69) is 25.7 Å². The summed E-state index contributed by atoms with van der Waals surface area (Å²) in [5.41, 5.74) is -0.513. The summed E-state index contributed by atoms with van der Waals surface area (Å²) in [7, 11) is 1.46. The van der Waals surface area contributed by atoms with Gasteiger partial charge in [-0.15, -0.1) is 6.58 Å². The van der Waals surface area contributed by atoms with E-state index in [0.717, 1.165) is 12.8 Å². The molecule has 1 rings (SSSR count). The quantitative estimate of drug-likeness (QED) is 0.588. The highest BCUT2D eigenvalue weighted by Gasteiger charge is 2.47. The Balaban J connectivity index is 2.91. The van der Waals surface area contributed by atoms with Crippen LogP contribution in [0.3, 0.4) is 0 Å². The average Bonchev–Trinajstić information content (AvgIpc) is 2.30. The maximum Gasteiger partial charge on any atom is 0.326 e. The number of hydrogen-bond acceptors (Lipinski definition) is 3. The molecule has 1 aliphatic carbocycles. The molecule has 3 atom stereocenters. The fraction of sp³-hybridized carbons (Fsp3) is 0.769. The lowest BCUT2D eigenvalue weighted by atomic mass is 9.68. The van der Waals surface area contributed by atoms with Gasteiger partial charge in [0.15, 0.2) is 0 Å². The molecule has 0 aromatic carbocycles. The Morgan fingerprint density at radius 3 is 2.88 bits per heavy atom. The van der Waals surface area contributed by atoms with Crippen LogP contribution in [0.15, 0.2) is 12.7 Å². The summed E-state index contributed by atoms with van der Waals surface area (Å²) in [4.78, 5) is 12.0. The number of carbonyl (C=O) groups is 1. The molecule has 3 nitrogen and oxygen atoms in total. The van der Waals surface area contributed by atoms with Crippen molar-refractivity contribution in [3.63, 3.8) is 0 Å². The molecule has 3 unspecified atom stereocenters. The first-order valence-electron chi connectivity index (χ1n) is 6.03. The zero-order chi connectivity index (χ0) is 12.2. The Hall–Kier alpha value is -0.830. The standard InChI is InChI=1S/C13H23NO2/c1-5-9-14-13(12(15)16-4)8-6-7-10(2)11(13)3/h5,10-11,14H,1,6-9H2,2-4H3. The summed E-state index contributed by atoms with van der Waals surface area (Å²) >= 11 is 0. The van der Waals surface area contributed by atoms with Gasteiger partial charge in [-0.2, -0.15) is 0 Å². The van der Waals surface area contributed by atoms with Gasteiger partial charge >= 0.3 is 5.97 Å². The van der Waals surface area contributed by atoms with Gasteiger partial charge in [-0.25, -0.2) is 0 Å². The van der Waals surface area contributed by atoms with Gasteiger partial charge in [-0.1, -0.05) is 32.8 Å². The molecule has 1 fully saturated rings. The van der Waals surface area contributed by atoms with E-state index in [1.165, 1.54) is 13.5 Å². The Morgan fingerprint density at radius 2 is 2.31 bits per heavy atom. The highest BCUT2D eigenvalue weighted by atomic mass is 16.5. The van der Waals surface area contributed by atoms with Gasteiger partial charge in [-0.05, 0) is 18.3 Å². The maximum atomic E-state index is 12.0. The first-order valence-corrected chi connectivity index (χ1v) is 6.03. The lowest BCUT2D eigenvalue weighted by Gasteiger charge is -2.44. The van der Waals surface area contributed by atoms with Crippen LogP contribution in [0.5, 0.6) is 0 Å². The second kappa shape index (κ2) is 5.48. The molecule has 0 spiro atoms. The topological polar surface area (TPSA) is 38.3 Å². The zero-order valence-corrected chi connectivity index (χ0v) is 10.6. The van der Waals surface area contributed by atoms with E-state index < -0.39 is 5.54 Å². The average molecular weight is 225 g/mol. The Kier molecular flexibility index (Phi) is 4.54. The van der Waals surface area contributed by atoms with Gasteiger partial charge < -0.3 is 4.74 Å². The van der Waals surface area contributed by atoms with Crippen molar-refractivity contribution >= 4 is 5.97 Å². The van der Waals surface area contributed by atoms with Crippen LogP contribution in [-0.2, 0) is 9.53 Å². The molecular weight excluding hydrogens is 202 g/mol. The lowest BCUT2D eigenvalue weighted by molar-refractivity contribution is -0.154. The van der Waals surface area contributed by atoms with Crippen LogP contribution in [0.2, 0.25) is 0 Å². The molecular formula is C13H23NO2. The van der Waals surface area contributed by atoms with E-state index >= 15 is 0 Å². The van der Waals surface area contributed by atoms with Crippen LogP contribution in [0.25, 0.3) is 0 Å². The number of ether oxygens (including phenoxy) is 1. The molecule has 0 radical (unpaired) electrons. The number of carbonyl (C=O) groups excluding carboxylic acids is 1. The smallest absolute Gasteiger partial charge is 0.326 e. The number of methoxy groups -OCH3 is 1. The molecule has 0 bridgehead atoms. The molecule has 0 amide bonds. The van der Waals surface area contributed by atoms with E-state index in [-0.39, 0.29) is 5.97 Å². The molecule has 0 aliphatic heterocycles. The summed E-state index contributed by atoms with van der Waals surface area (Å²) in [6.07, 6.45) is 4.91. The van der Waals surface area contributed by atoms with E-state index in [1.807, 2.05) is 0 Å². The van der Waals surface area contributed by atoms with Gasteiger partial charge in [0.2, 0.25) is 0 Å². The van der Waals surface area contributed by atoms with Gasteiger partial charge in [0.25, 0.3) is 0 Å². The molecule has 16 heavy (non-hydrogen) atoms. The zero-order valence-electron chi connectivity index (χ0n) is 10.6. The minimum atomic E-state index is -0.513. The molecule has 92 valence electrons. The summed E-state index contributed by atoms with van der Waals surface area (Å²) in [5, 5.41) is 3.32. The molecule has 0 heterocycles. The summed E-state index contributed by atoms with van der Waals surface area (Å²) in [5.74, 6) is 0.715. The monoisotopic (exact) mass is 225 g/mol. The van der Waals surface area contributed by atoms with Crippen LogP contribution < -0.4 is 5.32 Å². The maximum absolute atomic E-state index is 12.0. The summed E-state index contributed by atoms with van der Waals surface area (Å²) < 4.78 is 4.97. The predicted octanol–water partition coefficient (Wildman–Crippen LogP) is 2.13. The normalized spacial score (nSPS) is 34.4. The molecule has 1 aliphatic rings. The number of nitrogens with one attached hydrogen (secondary N) is 1. The fourth-order valence-electron chi connectivity index (χ4n) is 2.71. The second-order valence-electron chi connectivity index (χ2n) is 4.79. The highest BCUT2D eigenvalue weighted by Crippen LogP contribution is 2.38. The number of esters is 1. The second-order valence-corrected chi connectivity index (χ2v) is 4.79. The molecule has 0 aromatic heterocycles. The first kappa shape index (κ1) is 13.2. The van der Waals surface area contributed by atoms with E-state index in [0.29, 0.717) is 18.4 Å². The van der Waals surface area contributed by atoms with Crippen molar-refractivity contribution in [1.82, 2.24) is 5.32 Å². The van der Waals surface area contributed by atoms with Crippen LogP contribution in [-0.4, -0.2) is 25.2 Å². The lowest BCUT2D eigenvalue weighted by Crippen LogP contribution is -2.60. The third-order valence-electron chi connectivity index (χ3n) is 3.97. The number of hydrogen-bond donors (Lipinski definition) is 1. The van der Waals surface area contributed by atoms with Gasteiger partial charge in [0, 0.05) is 6.54 Å². The van der Waals surface area contributed by atoms with Gasteiger partial charge in [0.1, 0.15) is 5.54 Å². The third-order valence-corrected chi connectivity index (χ3v) is 3.97. The van der Waals surface area contributed by atoms with Gasteiger partial charge in [0.05, 0.1) is 7.11 Å². The van der Waals surface area contributed by atoms with Crippen molar-refractivity contribution < 1.29 is 9.53 Å². The van der Waals surface area contributed by atoms with Crippen LogP contribution in [0.1, 0.15) is 33.1 Å². The third kappa shape index (κ3) is 2.29. The Bertz CT molecular complexity index is 265. The minimum Gasteiger partial charge on any atom is -0.468 e. The minimum absolute atomic E-state index is 0.131. The first-order chi connectivity index (χ1) is 7.58. The predicted molar refractivity (Wildman–Crippen MR) is 65.1 cm³/mol. The molecule has 0 aromatic rings. The van der Waals surface area contributed by atoms with Crippen molar-refractivity contribution in [2.75, 3.05) is 13.7 Å². The SMILES string of the molecule is C=CCNC1(C(=O)OC)CCCC(C)C1C. The summed E-state index contributed by atoms with van der Waals surface area (Å²) in [6.45, 7) is 8.68.